The quantitative estimate of drug-likeness (QED) is 0.879. The Hall–Kier alpha value is -1.16. The average molecular weight is 241 g/mol. The van der Waals surface area contributed by atoms with Crippen molar-refractivity contribution in [2.45, 2.75) is 31.8 Å². The number of nitrogens with two attached hydrogens (primary N) is 1. The minimum atomic E-state index is -2.77. The number of alkyl halides is 2. The molecule has 0 spiro atoms. The van der Waals surface area contributed by atoms with E-state index >= 15 is 0 Å². The van der Waals surface area contributed by atoms with Crippen molar-refractivity contribution in [3.63, 3.8) is 0 Å². The number of halogens is 2. The van der Waals surface area contributed by atoms with Crippen LogP contribution in [0, 0.1) is 5.92 Å². The first-order valence-electron chi connectivity index (χ1n) is 5.84. The van der Waals surface area contributed by atoms with Crippen LogP contribution in [0.1, 0.15) is 25.3 Å². The van der Waals surface area contributed by atoms with Crippen LogP contribution in [0.15, 0.2) is 24.3 Å². The smallest absolute Gasteiger partial charge is 0.387 e. The van der Waals surface area contributed by atoms with Gasteiger partial charge in [0, 0.05) is 12.0 Å². The highest BCUT2D eigenvalue weighted by molar-refractivity contribution is 5.35. The van der Waals surface area contributed by atoms with Crippen molar-refractivity contribution in [2.24, 2.45) is 11.7 Å². The third-order valence-electron chi connectivity index (χ3n) is 3.99. The topological polar surface area (TPSA) is 35.2 Å². The lowest BCUT2D eigenvalue weighted by molar-refractivity contribution is -0.0498. The largest absolute Gasteiger partial charge is 0.435 e. The highest BCUT2D eigenvalue weighted by Crippen LogP contribution is 2.48. The summed E-state index contributed by atoms with van der Waals surface area (Å²) >= 11 is 0. The van der Waals surface area contributed by atoms with Crippen molar-refractivity contribution in [3.8, 4) is 5.75 Å². The van der Waals surface area contributed by atoms with Gasteiger partial charge in [-0.25, -0.2) is 0 Å². The van der Waals surface area contributed by atoms with Gasteiger partial charge in [-0.15, -0.1) is 0 Å². The van der Waals surface area contributed by atoms with Gasteiger partial charge in [0.25, 0.3) is 0 Å². The first-order valence-corrected chi connectivity index (χ1v) is 5.84. The van der Waals surface area contributed by atoms with Crippen LogP contribution in [0.2, 0.25) is 0 Å². The zero-order chi connectivity index (χ0) is 12.5. The van der Waals surface area contributed by atoms with Crippen molar-refractivity contribution >= 4 is 0 Å². The minimum Gasteiger partial charge on any atom is -0.435 e. The van der Waals surface area contributed by atoms with Crippen LogP contribution in [0.4, 0.5) is 8.78 Å². The van der Waals surface area contributed by atoms with Gasteiger partial charge in [0.2, 0.25) is 0 Å². The van der Waals surface area contributed by atoms with E-state index in [1.165, 1.54) is 6.42 Å². The first-order chi connectivity index (χ1) is 8.08. The monoisotopic (exact) mass is 241 g/mol. The van der Waals surface area contributed by atoms with Crippen LogP contribution in [0.25, 0.3) is 0 Å². The van der Waals surface area contributed by atoms with Gasteiger partial charge in [-0.2, -0.15) is 8.78 Å². The molecule has 0 radical (unpaired) electrons. The number of rotatable bonds is 4. The fourth-order valence-electron chi connectivity index (χ4n) is 2.60. The molecule has 1 aromatic rings. The van der Waals surface area contributed by atoms with Gasteiger partial charge in [0.1, 0.15) is 5.75 Å². The maximum absolute atomic E-state index is 12.0. The first kappa shape index (κ1) is 12.3. The third-order valence-corrected chi connectivity index (χ3v) is 3.99. The van der Waals surface area contributed by atoms with Crippen molar-refractivity contribution in [1.82, 2.24) is 0 Å². The van der Waals surface area contributed by atoms with Crippen LogP contribution in [-0.4, -0.2) is 13.2 Å². The van der Waals surface area contributed by atoms with Crippen molar-refractivity contribution < 1.29 is 13.5 Å². The normalized spacial score (nSPS) is 27.9. The van der Waals surface area contributed by atoms with Crippen molar-refractivity contribution in [2.75, 3.05) is 6.54 Å². The molecule has 1 fully saturated rings. The zero-order valence-corrected chi connectivity index (χ0v) is 9.83. The second kappa shape index (κ2) is 4.61. The van der Waals surface area contributed by atoms with Crippen LogP contribution >= 0.6 is 0 Å². The predicted molar refractivity (Wildman–Crippen MR) is 62.2 cm³/mol. The van der Waals surface area contributed by atoms with Gasteiger partial charge in [-0.3, -0.25) is 0 Å². The molecule has 2 rings (SSSR count). The number of hydrogen-bond donors (Lipinski definition) is 1. The summed E-state index contributed by atoms with van der Waals surface area (Å²) < 4.78 is 28.4. The molecule has 0 amide bonds. The van der Waals surface area contributed by atoms with E-state index in [2.05, 4.69) is 11.7 Å². The maximum atomic E-state index is 12.0. The number of benzene rings is 1. The second-order valence-corrected chi connectivity index (χ2v) is 4.70. The molecule has 0 aromatic heterocycles. The molecule has 1 aliphatic carbocycles. The van der Waals surface area contributed by atoms with Gasteiger partial charge < -0.3 is 10.5 Å². The molecule has 2 N–H and O–H groups in total. The molecular weight excluding hydrogens is 224 g/mol. The van der Waals surface area contributed by atoms with Gasteiger partial charge in [-0.05, 0) is 36.5 Å². The Morgan fingerprint density at radius 1 is 1.41 bits per heavy atom. The molecule has 1 aromatic carbocycles. The fraction of sp³-hybridized carbons (Fsp3) is 0.538. The molecular formula is C13H17F2NO. The Labute approximate surface area is 99.8 Å². The van der Waals surface area contributed by atoms with E-state index in [1.807, 2.05) is 12.1 Å². The lowest BCUT2D eigenvalue weighted by atomic mass is 9.57. The van der Waals surface area contributed by atoms with Crippen LogP contribution < -0.4 is 10.5 Å². The Morgan fingerprint density at radius 3 is 2.41 bits per heavy atom. The molecule has 0 saturated heterocycles. The summed E-state index contributed by atoms with van der Waals surface area (Å²) in [5, 5.41) is 0. The van der Waals surface area contributed by atoms with Gasteiger partial charge >= 0.3 is 6.61 Å². The Morgan fingerprint density at radius 2 is 2.06 bits per heavy atom. The standard InChI is InChI=1S/C13H17F2NO/c1-9-6-7-13(9,8-16)10-2-4-11(5-3-10)17-12(14)15/h2-5,9,12H,6-8,16H2,1H3. The second-order valence-electron chi connectivity index (χ2n) is 4.70. The summed E-state index contributed by atoms with van der Waals surface area (Å²) in [4.78, 5) is 0. The summed E-state index contributed by atoms with van der Waals surface area (Å²) in [6, 6.07) is 6.87. The van der Waals surface area contributed by atoms with Crippen LogP contribution in [0.5, 0.6) is 5.75 Å². The van der Waals surface area contributed by atoms with E-state index in [-0.39, 0.29) is 11.2 Å². The molecule has 17 heavy (non-hydrogen) atoms. The minimum absolute atomic E-state index is 0.0311. The van der Waals surface area contributed by atoms with Crippen LogP contribution in [0.3, 0.4) is 0 Å². The van der Waals surface area contributed by atoms with Gasteiger partial charge in [0.05, 0.1) is 0 Å². The van der Waals surface area contributed by atoms with E-state index in [9.17, 15) is 8.78 Å². The Balaban J connectivity index is 2.17. The molecule has 1 saturated carbocycles. The van der Waals surface area contributed by atoms with Gasteiger partial charge in [-0.1, -0.05) is 19.1 Å². The van der Waals surface area contributed by atoms with Crippen molar-refractivity contribution in [3.05, 3.63) is 29.8 Å². The van der Waals surface area contributed by atoms with Gasteiger partial charge in [0.15, 0.2) is 0 Å². The highest BCUT2D eigenvalue weighted by Gasteiger charge is 2.43. The zero-order valence-electron chi connectivity index (χ0n) is 9.83. The summed E-state index contributed by atoms with van der Waals surface area (Å²) in [6.45, 7) is 0.00955. The molecule has 4 heteroatoms. The predicted octanol–water partition coefficient (Wildman–Crippen LogP) is 2.91. The van der Waals surface area contributed by atoms with E-state index in [1.54, 1.807) is 12.1 Å². The molecule has 0 aliphatic heterocycles. The summed E-state index contributed by atoms with van der Waals surface area (Å²) in [7, 11) is 0. The Kier molecular flexibility index (Phi) is 3.33. The molecule has 2 nitrogen and oxygen atoms in total. The van der Waals surface area contributed by atoms with Crippen LogP contribution in [-0.2, 0) is 5.41 Å². The maximum Gasteiger partial charge on any atom is 0.387 e. The lowest BCUT2D eigenvalue weighted by Crippen LogP contribution is -2.48. The van der Waals surface area contributed by atoms with E-state index in [4.69, 9.17) is 5.73 Å². The molecule has 1 aliphatic rings. The van der Waals surface area contributed by atoms with E-state index in [0.29, 0.717) is 12.5 Å². The molecule has 0 heterocycles. The summed E-state index contributed by atoms with van der Waals surface area (Å²) in [6.07, 6.45) is 2.24. The SMILES string of the molecule is CC1CCC1(CN)c1ccc(OC(F)F)cc1. The summed E-state index contributed by atoms with van der Waals surface area (Å²) in [5.74, 6) is 0.747. The lowest BCUT2D eigenvalue weighted by Gasteiger charge is -2.48. The number of hydrogen-bond acceptors (Lipinski definition) is 2. The number of ether oxygens (including phenoxy) is 1. The summed E-state index contributed by atoms with van der Waals surface area (Å²) in [5.41, 5.74) is 7.02. The molecule has 94 valence electrons. The third kappa shape index (κ3) is 2.14. The molecule has 2 atom stereocenters. The highest BCUT2D eigenvalue weighted by atomic mass is 19.3. The van der Waals surface area contributed by atoms with E-state index < -0.39 is 6.61 Å². The average Bonchev–Trinajstić information content (AvgIpc) is 2.30. The Bertz CT molecular complexity index is 376. The van der Waals surface area contributed by atoms with Crippen molar-refractivity contribution in [1.29, 1.82) is 0 Å². The van der Waals surface area contributed by atoms with E-state index in [0.717, 1.165) is 12.0 Å². The molecule has 0 bridgehead atoms. The molecule has 2 unspecified atom stereocenters. The fourth-order valence-corrected chi connectivity index (χ4v) is 2.60.